The molecule has 0 atom stereocenters. The van der Waals surface area contributed by atoms with Crippen molar-refractivity contribution in [2.45, 2.75) is 12.8 Å². The Bertz CT molecular complexity index is 1540. The number of carbonyl (C=O) groups is 2. The van der Waals surface area contributed by atoms with Gasteiger partial charge in [-0.15, -0.1) is 22.7 Å². The molecular formula is C22H17N7O3S2. The third-order valence-corrected chi connectivity index (χ3v) is 6.51. The summed E-state index contributed by atoms with van der Waals surface area (Å²) in [6.45, 7) is 0. The lowest BCUT2D eigenvalue weighted by molar-refractivity contribution is -0.116. The van der Waals surface area contributed by atoms with Gasteiger partial charge in [-0.1, -0.05) is 18.2 Å². The van der Waals surface area contributed by atoms with Gasteiger partial charge >= 0.3 is 0 Å². The van der Waals surface area contributed by atoms with Crippen molar-refractivity contribution in [3.05, 3.63) is 80.6 Å². The third-order valence-electron chi connectivity index (χ3n) is 4.83. The van der Waals surface area contributed by atoms with Crippen molar-refractivity contribution < 1.29 is 9.59 Å². The van der Waals surface area contributed by atoms with Crippen molar-refractivity contribution in [1.29, 1.82) is 0 Å². The Labute approximate surface area is 200 Å². The van der Waals surface area contributed by atoms with Crippen LogP contribution in [-0.4, -0.2) is 36.5 Å². The summed E-state index contributed by atoms with van der Waals surface area (Å²) in [5, 5.41) is 14.4. The lowest BCUT2D eigenvalue weighted by Gasteiger charge is -2.11. The van der Waals surface area contributed by atoms with Gasteiger partial charge in [0.25, 0.3) is 5.56 Å². The van der Waals surface area contributed by atoms with E-state index in [1.807, 2.05) is 17.5 Å². The van der Waals surface area contributed by atoms with Gasteiger partial charge in [0.1, 0.15) is 5.39 Å². The molecule has 0 aliphatic carbocycles. The Morgan fingerprint density at radius 3 is 2.74 bits per heavy atom. The van der Waals surface area contributed by atoms with Crippen molar-refractivity contribution >= 4 is 56.3 Å². The van der Waals surface area contributed by atoms with Crippen LogP contribution in [0.3, 0.4) is 0 Å². The molecule has 4 heterocycles. The van der Waals surface area contributed by atoms with E-state index in [9.17, 15) is 14.4 Å². The second-order valence-corrected chi connectivity index (χ2v) is 9.11. The molecule has 0 radical (unpaired) electrons. The highest BCUT2D eigenvalue weighted by atomic mass is 32.1. The number of amides is 2. The molecule has 0 aliphatic heterocycles. The number of anilines is 2. The van der Waals surface area contributed by atoms with E-state index in [2.05, 4.69) is 30.7 Å². The van der Waals surface area contributed by atoms with E-state index in [1.165, 1.54) is 39.9 Å². The van der Waals surface area contributed by atoms with Crippen LogP contribution in [0.2, 0.25) is 0 Å². The number of aromatic amines is 1. The van der Waals surface area contributed by atoms with Crippen LogP contribution < -0.4 is 16.2 Å². The van der Waals surface area contributed by atoms with Gasteiger partial charge in [0.05, 0.1) is 42.4 Å². The summed E-state index contributed by atoms with van der Waals surface area (Å²) in [6.07, 6.45) is 3.06. The lowest BCUT2D eigenvalue weighted by atomic mass is 10.2. The molecule has 0 unspecified atom stereocenters. The third kappa shape index (κ3) is 4.63. The number of thiophene rings is 1. The predicted molar refractivity (Wildman–Crippen MR) is 131 cm³/mol. The molecular weight excluding hydrogens is 474 g/mol. The fourth-order valence-electron chi connectivity index (χ4n) is 3.34. The minimum absolute atomic E-state index is 0.0312. The number of benzene rings is 1. The highest BCUT2D eigenvalue weighted by Gasteiger charge is 2.15. The lowest BCUT2D eigenvalue weighted by Crippen LogP contribution is -2.17. The number of aromatic nitrogens is 5. The van der Waals surface area contributed by atoms with Crippen LogP contribution >= 0.6 is 22.7 Å². The van der Waals surface area contributed by atoms with E-state index in [1.54, 1.807) is 29.6 Å². The number of nitrogens with zero attached hydrogens (tertiary/aromatic N) is 4. The number of nitrogens with one attached hydrogen (secondary N) is 3. The van der Waals surface area contributed by atoms with Crippen molar-refractivity contribution in [2.24, 2.45) is 0 Å². The molecule has 0 saturated heterocycles. The zero-order valence-electron chi connectivity index (χ0n) is 17.5. The quantitative estimate of drug-likeness (QED) is 0.320. The minimum Gasteiger partial charge on any atom is -0.324 e. The van der Waals surface area contributed by atoms with Crippen molar-refractivity contribution in [1.82, 2.24) is 24.7 Å². The molecule has 0 saturated carbocycles. The average Bonchev–Trinajstić information content (AvgIpc) is 3.56. The number of hydrogen-bond donors (Lipinski definition) is 3. The Morgan fingerprint density at radius 2 is 1.88 bits per heavy atom. The van der Waals surface area contributed by atoms with Gasteiger partial charge in [-0.3, -0.25) is 14.4 Å². The standard InChI is InChI=1S/C22H17N7O3S2/c30-18(8-13-11-34-22(26-13)28-19(31)9-14-4-3-7-33-14)27-16-5-1-2-6-17(16)29-20-15(10-25-29)21(32)24-12-23-20/h1-7,10-12H,8-9H2,(H,27,30)(H,23,24,32)(H,26,28,31). The Morgan fingerprint density at radius 1 is 1.03 bits per heavy atom. The largest absolute Gasteiger partial charge is 0.324 e. The molecule has 170 valence electrons. The molecule has 4 aromatic heterocycles. The van der Waals surface area contributed by atoms with Crippen LogP contribution in [0.5, 0.6) is 0 Å². The maximum absolute atomic E-state index is 12.7. The van der Waals surface area contributed by atoms with Gasteiger partial charge in [-0.05, 0) is 23.6 Å². The molecule has 3 N–H and O–H groups in total. The Hall–Kier alpha value is -4.16. The van der Waals surface area contributed by atoms with Gasteiger partial charge in [-0.25, -0.2) is 14.6 Å². The normalized spacial score (nSPS) is 10.9. The first-order valence-electron chi connectivity index (χ1n) is 10.1. The van der Waals surface area contributed by atoms with E-state index in [0.717, 1.165) is 4.88 Å². The first-order valence-corrected chi connectivity index (χ1v) is 11.9. The SMILES string of the molecule is O=C(Cc1cccs1)Nc1nc(CC(=O)Nc2ccccc2-n2ncc3c(=O)[nH]cnc32)cs1. The van der Waals surface area contributed by atoms with Gasteiger partial charge in [0.15, 0.2) is 10.8 Å². The number of H-pyrrole nitrogens is 1. The smallest absolute Gasteiger partial charge is 0.261 e. The van der Waals surface area contributed by atoms with Crippen LogP contribution in [0.25, 0.3) is 16.7 Å². The molecule has 34 heavy (non-hydrogen) atoms. The van der Waals surface area contributed by atoms with Crippen LogP contribution in [0.4, 0.5) is 10.8 Å². The molecule has 12 heteroatoms. The molecule has 5 aromatic rings. The molecule has 1 aromatic carbocycles. The zero-order chi connectivity index (χ0) is 23.5. The maximum atomic E-state index is 12.7. The summed E-state index contributed by atoms with van der Waals surface area (Å²) in [4.78, 5) is 48.9. The second kappa shape index (κ2) is 9.37. The zero-order valence-corrected chi connectivity index (χ0v) is 19.2. The predicted octanol–water partition coefficient (Wildman–Crippen LogP) is 2.99. The maximum Gasteiger partial charge on any atom is 0.261 e. The molecule has 10 nitrogen and oxygen atoms in total. The number of rotatable bonds is 7. The van der Waals surface area contributed by atoms with E-state index in [4.69, 9.17) is 0 Å². The number of carbonyl (C=O) groups excluding carboxylic acids is 2. The van der Waals surface area contributed by atoms with E-state index in [0.29, 0.717) is 33.2 Å². The Kier molecular flexibility index (Phi) is 5.97. The van der Waals surface area contributed by atoms with Gasteiger partial charge in [0, 0.05) is 10.3 Å². The summed E-state index contributed by atoms with van der Waals surface area (Å²) < 4.78 is 1.50. The molecule has 2 amide bonds. The number of para-hydroxylation sites is 2. The monoisotopic (exact) mass is 491 g/mol. The summed E-state index contributed by atoms with van der Waals surface area (Å²) in [6, 6.07) is 10.9. The fraction of sp³-hybridized carbons (Fsp3) is 0.0909. The highest BCUT2D eigenvalue weighted by molar-refractivity contribution is 7.14. The number of hydrogen-bond acceptors (Lipinski definition) is 8. The van der Waals surface area contributed by atoms with Gasteiger partial charge in [0.2, 0.25) is 11.8 Å². The van der Waals surface area contributed by atoms with Crippen LogP contribution in [0, 0.1) is 0 Å². The van der Waals surface area contributed by atoms with E-state index in [-0.39, 0.29) is 30.2 Å². The average molecular weight is 492 g/mol. The van der Waals surface area contributed by atoms with Crippen molar-refractivity contribution in [3.8, 4) is 5.69 Å². The van der Waals surface area contributed by atoms with Crippen molar-refractivity contribution in [3.63, 3.8) is 0 Å². The summed E-state index contributed by atoms with van der Waals surface area (Å²) >= 11 is 2.79. The van der Waals surface area contributed by atoms with Crippen LogP contribution in [0.1, 0.15) is 10.6 Å². The molecule has 0 bridgehead atoms. The summed E-state index contributed by atoms with van der Waals surface area (Å²) in [7, 11) is 0. The molecule has 0 aliphatic rings. The minimum atomic E-state index is -0.292. The summed E-state index contributed by atoms with van der Waals surface area (Å²) in [5.41, 5.74) is 1.72. The highest BCUT2D eigenvalue weighted by Crippen LogP contribution is 2.23. The Balaban J connectivity index is 1.27. The first-order chi connectivity index (χ1) is 16.6. The topological polar surface area (TPSA) is 135 Å². The molecule has 5 rings (SSSR count). The first kappa shape index (κ1) is 21.7. The van der Waals surface area contributed by atoms with E-state index >= 15 is 0 Å². The van der Waals surface area contributed by atoms with E-state index < -0.39 is 0 Å². The second-order valence-electron chi connectivity index (χ2n) is 7.22. The molecule has 0 fully saturated rings. The molecule has 0 spiro atoms. The fourth-order valence-corrected chi connectivity index (χ4v) is 4.77. The van der Waals surface area contributed by atoms with Crippen LogP contribution in [-0.2, 0) is 22.4 Å². The van der Waals surface area contributed by atoms with Crippen molar-refractivity contribution in [2.75, 3.05) is 10.6 Å². The summed E-state index contributed by atoms with van der Waals surface area (Å²) in [5.74, 6) is -0.433. The number of fused-ring (bicyclic) bond motifs is 1. The van der Waals surface area contributed by atoms with Crippen LogP contribution in [0.15, 0.2) is 64.5 Å². The number of thiazole rings is 1. The van der Waals surface area contributed by atoms with Gasteiger partial charge < -0.3 is 15.6 Å². The van der Waals surface area contributed by atoms with Gasteiger partial charge in [-0.2, -0.15) is 5.10 Å².